The summed E-state index contributed by atoms with van der Waals surface area (Å²) in [5.74, 6) is 0.148. The molecule has 0 spiro atoms. The Morgan fingerprint density at radius 1 is 1.33 bits per heavy atom. The highest BCUT2D eigenvalue weighted by atomic mass is 16.3. The number of hydrogen-bond donors (Lipinski definition) is 2. The maximum Gasteiger partial charge on any atom is 0.187 e. The molecular weight excluding hydrogens is 230 g/mol. The van der Waals surface area contributed by atoms with Crippen molar-refractivity contribution in [3.8, 4) is 5.75 Å². The van der Waals surface area contributed by atoms with Crippen LogP contribution < -0.4 is 5.73 Å². The van der Waals surface area contributed by atoms with Gasteiger partial charge in [0.15, 0.2) is 5.78 Å². The zero-order valence-electron chi connectivity index (χ0n) is 9.91. The van der Waals surface area contributed by atoms with Crippen molar-refractivity contribution in [3.63, 3.8) is 0 Å². The number of rotatable bonds is 5. The van der Waals surface area contributed by atoms with Gasteiger partial charge in [-0.2, -0.15) is 0 Å². The summed E-state index contributed by atoms with van der Waals surface area (Å²) in [7, 11) is 0. The fourth-order valence-corrected chi connectivity index (χ4v) is 1.67. The summed E-state index contributed by atoms with van der Waals surface area (Å²) >= 11 is 0. The molecule has 1 aromatic heterocycles. The lowest BCUT2D eigenvalue weighted by molar-refractivity contribution is 0.0988. The van der Waals surface area contributed by atoms with Gasteiger partial charge in [-0.1, -0.05) is 12.1 Å². The van der Waals surface area contributed by atoms with Crippen molar-refractivity contribution >= 4 is 5.78 Å². The van der Waals surface area contributed by atoms with Gasteiger partial charge in [0, 0.05) is 25.7 Å². The number of Topliss-reactive ketones (excluding diaryl/α,β-unsaturated/α-hetero) is 1. The van der Waals surface area contributed by atoms with Crippen LogP contribution in [0.25, 0.3) is 0 Å². The quantitative estimate of drug-likeness (QED) is 0.769. The van der Waals surface area contributed by atoms with E-state index in [0.29, 0.717) is 18.8 Å². The molecule has 0 fully saturated rings. The summed E-state index contributed by atoms with van der Waals surface area (Å²) in [6.45, 7) is 1.17. The van der Waals surface area contributed by atoms with Crippen LogP contribution in [0, 0.1) is 0 Å². The number of phenolic OH excluding ortho intramolecular Hbond substituents is 1. The highest BCUT2D eigenvalue weighted by Crippen LogP contribution is 2.11. The molecule has 0 aliphatic carbocycles. The van der Waals surface area contributed by atoms with E-state index in [0.717, 1.165) is 5.56 Å². The van der Waals surface area contributed by atoms with Crippen molar-refractivity contribution in [1.29, 1.82) is 0 Å². The molecule has 3 N–H and O–H groups in total. The number of hydrogen-bond acceptors (Lipinski definition) is 4. The van der Waals surface area contributed by atoms with Gasteiger partial charge in [-0.25, -0.2) is 4.98 Å². The highest BCUT2D eigenvalue weighted by Gasteiger charge is 2.10. The van der Waals surface area contributed by atoms with Crippen LogP contribution in [0.4, 0.5) is 0 Å². The van der Waals surface area contributed by atoms with Crippen LogP contribution in [0.2, 0.25) is 0 Å². The third-order valence-corrected chi connectivity index (χ3v) is 2.61. The molecule has 1 heterocycles. The minimum Gasteiger partial charge on any atom is -0.508 e. The zero-order valence-corrected chi connectivity index (χ0v) is 9.91. The Bertz CT molecular complexity index is 531. The minimum atomic E-state index is -0.0449. The summed E-state index contributed by atoms with van der Waals surface area (Å²) < 4.78 is 1.80. The maximum atomic E-state index is 11.9. The second kappa shape index (κ2) is 5.46. The molecule has 0 atom stereocenters. The van der Waals surface area contributed by atoms with E-state index < -0.39 is 0 Å². The normalized spacial score (nSPS) is 10.5. The van der Waals surface area contributed by atoms with E-state index in [1.165, 1.54) is 0 Å². The average Bonchev–Trinajstić information content (AvgIpc) is 2.81. The van der Waals surface area contributed by atoms with Gasteiger partial charge in [-0.3, -0.25) is 4.79 Å². The van der Waals surface area contributed by atoms with E-state index >= 15 is 0 Å². The summed E-state index contributed by atoms with van der Waals surface area (Å²) in [4.78, 5) is 16.0. The molecule has 0 saturated heterocycles. The smallest absolute Gasteiger partial charge is 0.187 e. The first kappa shape index (κ1) is 12.3. The van der Waals surface area contributed by atoms with Crippen LogP contribution in [0.15, 0.2) is 36.8 Å². The number of phenols is 1. The van der Waals surface area contributed by atoms with Gasteiger partial charge in [-0.05, 0) is 17.7 Å². The fraction of sp³-hybridized carbons (Fsp3) is 0.231. The monoisotopic (exact) mass is 245 g/mol. The Balaban J connectivity index is 2.04. The van der Waals surface area contributed by atoms with Gasteiger partial charge in [-0.15, -0.1) is 0 Å². The van der Waals surface area contributed by atoms with E-state index in [9.17, 15) is 4.79 Å². The first-order valence-corrected chi connectivity index (χ1v) is 5.72. The van der Waals surface area contributed by atoms with E-state index in [2.05, 4.69) is 4.98 Å². The number of ketones is 1. The van der Waals surface area contributed by atoms with E-state index in [1.807, 2.05) is 0 Å². The number of aromatic hydroxyl groups is 1. The van der Waals surface area contributed by atoms with Crippen molar-refractivity contribution in [2.75, 3.05) is 6.54 Å². The Kier molecular flexibility index (Phi) is 3.74. The topological polar surface area (TPSA) is 81.1 Å². The molecule has 0 unspecified atom stereocenters. The van der Waals surface area contributed by atoms with Crippen molar-refractivity contribution in [3.05, 3.63) is 48.0 Å². The molecule has 0 radical (unpaired) electrons. The third kappa shape index (κ3) is 2.95. The molecule has 0 saturated carbocycles. The number of benzene rings is 1. The van der Waals surface area contributed by atoms with Crippen LogP contribution in [0.3, 0.4) is 0 Å². The van der Waals surface area contributed by atoms with Gasteiger partial charge >= 0.3 is 0 Å². The molecule has 5 nitrogen and oxygen atoms in total. The fourth-order valence-electron chi connectivity index (χ4n) is 1.67. The number of carbonyl (C=O) groups is 1. The SMILES string of the molecule is NCCn1cnc(C(=O)Cc2ccc(O)cc2)c1. The number of aromatic nitrogens is 2. The van der Waals surface area contributed by atoms with E-state index in [-0.39, 0.29) is 18.0 Å². The standard InChI is InChI=1S/C13H15N3O2/c14-5-6-16-8-12(15-9-16)13(18)7-10-1-3-11(17)4-2-10/h1-4,8-9,17H,5-7,14H2. The molecule has 18 heavy (non-hydrogen) atoms. The predicted octanol–water partition coefficient (Wildman–Crippen LogP) is 0.973. The lowest BCUT2D eigenvalue weighted by Gasteiger charge is -1.99. The third-order valence-electron chi connectivity index (χ3n) is 2.61. The number of nitrogens with zero attached hydrogens (tertiary/aromatic N) is 2. The van der Waals surface area contributed by atoms with Crippen molar-refractivity contribution in [1.82, 2.24) is 9.55 Å². The molecule has 1 aromatic carbocycles. The van der Waals surface area contributed by atoms with Crippen LogP contribution in [0.1, 0.15) is 16.1 Å². The Labute approximate surface area is 105 Å². The van der Waals surface area contributed by atoms with Crippen LogP contribution >= 0.6 is 0 Å². The second-order valence-corrected chi connectivity index (χ2v) is 4.05. The molecule has 0 bridgehead atoms. The molecule has 2 aromatic rings. The predicted molar refractivity (Wildman–Crippen MR) is 67.4 cm³/mol. The summed E-state index contributed by atoms with van der Waals surface area (Å²) in [6, 6.07) is 6.58. The maximum absolute atomic E-state index is 11.9. The first-order chi connectivity index (χ1) is 8.69. The highest BCUT2D eigenvalue weighted by molar-refractivity contribution is 5.95. The number of nitrogens with two attached hydrogens (primary N) is 1. The average molecular weight is 245 g/mol. The summed E-state index contributed by atoms with van der Waals surface area (Å²) in [5.41, 5.74) is 6.72. The Hall–Kier alpha value is -2.14. The minimum absolute atomic E-state index is 0.0449. The van der Waals surface area contributed by atoms with Gasteiger partial charge in [0.25, 0.3) is 0 Å². The van der Waals surface area contributed by atoms with E-state index in [4.69, 9.17) is 10.8 Å². The molecular formula is C13H15N3O2. The lowest BCUT2D eigenvalue weighted by atomic mass is 10.1. The van der Waals surface area contributed by atoms with Gasteiger partial charge in [0.2, 0.25) is 0 Å². The van der Waals surface area contributed by atoms with Crippen LogP contribution in [-0.2, 0) is 13.0 Å². The number of imidazole rings is 1. The molecule has 94 valence electrons. The van der Waals surface area contributed by atoms with Crippen LogP contribution in [-0.4, -0.2) is 27.0 Å². The van der Waals surface area contributed by atoms with Gasteiger partial charge in [0.05, 0.1) is 6.33 Å². The van der Waals surface area contributed by atoms with Gasteiger partial charge < -0.3 is 15.4 Å². The first-order valence-electron chi connectivity index (χ1n) is 5.72. The number of carbonyl (C=O) groups excluding carboxylic acids is 1. The molecule has 5 heteroatoms. The largest absolute Gasteiger partial charge is 0.508 e. The molecule has 0 aliphatic rings. The van der Waals surface area contributed by atoms with E-state index in [1.54, 1.807) is 41.4 Å². The summed E-state index contributed by atoms with van der Waals surface area (Å²) in [6.07, 6.45) is 3.59. The van der Waals surface area contributed by atoms with Crippen molar-refractivity contribution in [2.24, 2.45) is 5.73 Å². The van der Waals surface area contributed by atoms with Gasteiger partial charge in [0.1, 0.15) is 11.4 Å². The second-order valence-electron chi connectivity index (χ2n) is 4.05. The Morgan fingerprint density at radius 2 is 2.06 bits per heavy atom. The van der Waals surface area contributed by atoms with Crippen molar-refractivity contribution < 1.29 is 9.90 Å². The summed E-state index contributed by atoms with van der Waals surface area (Å²) in [5, 5.41) is 9.16. The molecule has 0 aliphatic heterocycles. The lowest BCUT2D eigenvalue weighted by Crippen LogP contribution is -2.08. The van der Waals surface area contributed by atoms with Crippen molar-refractivity contribution in [2.45, 2.75) is 13.0 Å². The Morgan fingerprint density at radius 3 is 2.72 bits per heavy atom. The molecule has 2 rings (SSSR count). The molecule has 0 amide bonds. The van der Waals surface area contributed by atoms with Crippen LogP contribution in [0.5, 0.6) is 5.75 Å². The zero-order chi connectivity index (χ0) is 13.0.